The maximum Gasteiger partial charge on any atom is 0.408 e. The Morgan fingerprint density at radius 2 is 1.77 bits per heavy atom. The van der Waals surface area contributed by atoms with Crippen molar-refractivity contribution in [3.63, 3.8) is 0 Å². The summed E-state index contributed by atoms with van der Waals surface area (Å²) in [6.07, 6.45) is -7.94. The summed E-state index contributed by atoms with van der Waals surface area (Å²) in [7, 11) is 1.10. The number of halogens is 6. The maximum absolute atomic E-state index is 13.8. The number of alkyl halides is 3. The van der Waals surface area contributed by atoms with Gasteiger partial charge in [0.15, 0.2) is 0 Å². The van der Waals surface area contributed by atoms with Gasteiger partial charge < -0.3 is 14.8 Å². The Morgan fingerprint density at radius 3 is 2.31 bits per heavy atom. The molecule has 0 aliphatic heterocycles. The second kappa shape index (κ2) is 11.7. The van der Waals surface area contributed by atoms with Gasteiger partial charge in [0.25, 0.3) is 0 Å². The number of aldehydes is 1. The molecule has 0 aliphatic carbocycles. The van der Waals surface area contributed by atoms with Crippen LogP contribution in [0, 0.1) is 5.82 Å². The Hall–Kier alpha value is -2.85. The zero-order valence-corrected chi connectivity index (χ0v) is 20.0. The lowest BCUT2D eigenvalue weighted by atomic mass is 9.82. The van der Waals surface area contributed by atoms with Crippen LogP contribution in [0.3, 0.4) is 0 Å². The second-order valence-electron chi connectivity index (χ2n) is 7.91. The van der Waals surface area contributed by atoms with E-state index in [1.807, 2.05) is 0 Å². The first-order valence-electron chi connectivity index (χ1n) is 10.2. The minimum Gasteiger partial charge on any atom is -0.465 e. The summed E-state index contributed by atoms with van der Waals surface area (Å²) in [4.78, 5) is 37.8. The fourth-order valence-electron chi connectivity index (χ4n) is 3.78. The average Bonchev–Trinajstić information content (AvgIpc) is 2.75. The summed E-state index contributed by atoms with van der Waals surface area (Å²) in [6, 6.07) is 9.23. The molecule has 1 atom stereocenters. The van der Waals surface area contributed by atoms with Gasteiger partial charge in [-0.25, -0.2) is 9.18 Å². The van der Waals surface area contributed by atoms with Crippen LogP contribution in [-0.2, 0) is 21.7 Å². The molecule has 2 aromatic rings. The highest BCUT2D eigenvalue weighted by molar-refractivity contribution is 6.42. The largest absolute Gasteiger partial charge is 0.465 e. The molecule has 0 fully saturated rings. The Kier molecular flexibility index (Phi) is 9.51. The van der Waals surface area contributed by atoms with Crippen LogP contribution in [0.25, 0.3) is 0 Å². The topological polar surface area (TPSA) is 77.9 Å². The standard InChI is InChI=1S/C23H22Cl2F4N2O4/c1-30(20(33)12-23(27,28)29)14-22(8-3-9-32,16-6-7-18(24)19(25)11-16)31(21(34)35)13-15-4-2-5-17(26)10-15/h2,4-7,9-11H,3,8,12-14H2,1H3,(H,34,35)/t22-/m1/s1. The van der Waals surface area contributed by atoms with Crippen molar-refractivity contribution < 1.29 is 37.1 Å². The van der Waals surface area contributed by atoms with E-state index in [1.54, 1.807) is 0 Å². The molecule has 35 heavy (non-hydrogen) atoms. The minimum atomic E-state index is -4.78. The number of carboxylic acid groups (broad SMARTS) is 1. The molecule has 6 nitrogen and oxygen atoms in total. The van der Waals surface area contributed by atoms with Crippen molar-refractivity contribution in [2.24, 2.45) is 0 Å². The van der Waals surface area contributed by atoms with E-state index in [4.69, 9.17) is 23.2 Å². The van der Waals surface area contributed by atoms with Crippen molar-refractivity contribution in [2.45, 2.75) is 37.5 Å². The number of carbonyl (C=O) groups excluding carboxylic acids is 2. The molecule has 0 aromatic heterocycles. The van der Waals surface area contributed by atoms with Crippen LogP contribution in [0.2, 0.25) is 10.0 Å². The third kappa shape index (κ3) is 7.57. The van der Waals surface area contributed by atoms with Gasteiger partial charge in [-0.2, -0.15) is 13.2 Å². The van der Waals surface area contributed by atoms with Gasteiger partial charge in [-0.15, -0.1) is 0 Å². The molecule has 12 heteroatoms. The molecule has 0 saturated heterocycles. The fourth-order valence-corrected chi connectivity index (χ4v) is 4.08. The first-order chi connectivity index (χ1) is 16.3. The molecule has 0 radical (unpaired) electrons. The second-order valence-corrected chi connectivity index (χ2v) is 8.72. The summed E-state index contributed by atoms with van der Waals surface area (Å²) in [5.74, 6) is -1.93. The molecule has 2 aromatic carbocycles. The molecule has 0 spiro atoms. The molecule has 190 valence electrons. The van der Waals surface area contributed by atoms with Gasteiger partial charge >= 0.3 is 12.3 Å². The highest BCUT2D eigenvalue weighted by atomic mass is 35.5. The first-order valence-corrected chi connectivity index (χ1v) is 11.0. The maximum atomic E-state index is 13.8. The Balaban J connectivity index is 2.69. The van der Waals surface area contributed by atoms with Gasteiger partial charge in [-0.3, -0.25) is 9.69 Å². The van der Waals surface area contributed by atoms with E-state index in [0.717, 1.165) is 29.0 Å². The molecule has 1 N–H and O–H groups in total. The van der Waals surface area contributed by atoms with E-state index in [2.05, 4.69) is 0 Å². The highest BCUT2D eigenvalue weighted by Crippen LogP contribution is 2.39. The van der Waals surface area contributed by atoms with Gasteiger partial charge in [-0.1, -0.05) is 41.4 Å². The fraction of sp³-hybridized carbons (Fsp3) is 0.348. The van der Waals surface area contributed by atoms with Crippen molar-refractivity contribution in [2.75, 3.05) is 13.6 Å². The van der Waals surface area contributed by atoms with Crippen molar-refractivity contribution >= 4 is 41.5 Å². The SMILES string of the molecule is CN(C[C@](CCC=O)(c1ccc(Cl)c(Cl)c1)N(Cc1cccc(F)c1)C(=O)O)C(=O)CC(F)(F)F. The molecule has 0 saturated carbocycles. The minimum absolute atomic E-state index is 0.0278. The van der Waals surface area contributed by atoms with Crippen molar-refractivity contribution in [1.82, 2.24) is 9.80 Å². The Morgan fingerprint density at radius 1 is 1.09 bits per heavy atom. The number of rotatable bonds is 10. The van der Waals surface area contributed by atoms with Crippen LogP contribution in [-0.4, -0.2) is 53.0 Å². The summed E-state index contributed by atoms with van der Waals surface area (Å²) < 4.78 is 52.4. The number of carbonyl (C=O) groups is 3. The summed E-state index contributed by atoms with van der Waals surface area (Å²) >= 11 is 12.2. The third-order valence-electron chi connectivity index (χ3n) is 5.39. The first kappa shape index (κ1) is 28.4. The molecule has 2 amide bonds. The van der Waals surface area contributed by atoms with Crippen LogP contribution in [0.5, 0.6) is 0 Å². The summed E-state index contributed by atoms with van der Waals surface area (Å²) in [6.45, 7) is -0.942. The lowest BCUT2D eigenvalue weighted by Gasteiger charge is -2.45. The highest BCUT2D eigenvalue weighted by Gasteiger charge is 2.44. The third-order valence-corrected chi connectivity index (χ3v) is 6.13. The van der Waals surface area contributed by atoms with Crippen LogP contribution >= 0.6 is 23.2 Å². The predicted molar refractivity (Wildman–Crippen MR) is 122 cm³/mol. The zero-order chi connectivity index (χ0) is 26.4. The number of benzene rings is 2. The number of hydrogen-bond acceptors (Lipinski definition) is 3. The van der Waals surface area contributed by atoms with Crippen LogP contribution in [0.15, 0.2) is 42.5 Å². The predicted octanol–water partition coefficient (Wildman–Crippen LogP) is 5.90. The van der Waals surface area contributed by atoms with Gasteiger partial charge in [-0.05, 0) is 41.8 Å². The molecule has 0 heterocycles. The average molecular weight is 537 g/mol. The van der Waals surface area contributed by atoms with E-state index in [1.165, 1.54) is 30.3 Å². The summed E-state index contributed by atoms with van der Waals surface area (Å²) in [5.41, 5.74) is -1.30. The van der Waals surface area contributed by atoms with Crippen LogP contribution in [0.4, 0.5) is 22.4 Å². The number of nitrogens with zero attached hydrogens (tertiary/aromatic N) is 2. The van der Waals surface area contributed by atoms with E-state index in [9.17, 15) is 37.1 Å². The van der Waals surface area contributed by atoms with Gasteiger partial charge in [0, 0.05) is 20.0 Å². The number of hydrogen-bond donors (Lipinski definition) is 1. The van der Waals surface area contributed by atoms with E-state index in [0.29, 0.717) is 6.29 Å². The molecular formula is C23H22Cl2F4N2O4. The molecule has 0 bridgehead atoms. The van der Waals surface area contributed by atoms with E-state index in [-0.39, 0.29) is 34.0 Å². The van der Waals surface area contributed by atoms with Gasteiger partial charge in [0.05, 0.1) is 22.1 Å². The Labute approximate surface area is 209 Å². The van der Waals surface area contributed by atoms with Crippen LogP contribution < -0.4 is 0 Å². The zero-order valence-electron chi connectivity index (χ0n) is 18.5. The van der Waals surface area contributed by atoms with Crippen molar-refractivity contribution in [3.05, 3.63) is 69.5 Å². The lowest BCUT2D eigenvalue weighted by Crippen LogP contribution is -2.55. The van der Waals surface area contributed by atoms with Gasteiger partial charge in [0.2, 0.25) is 5.91 Å². The molecule has 0 aliphatic rings. The molecule has 2 rings (SSSR count). The molecule has 0 unspecified atom stereocenters. The lowest BCUT2D eigenvalue weighted by molar-refractivity contribution is -0.161. The van der Waals surface area contributed by atoms with Crippen LogP contribution in [0.1, 0.15) is 30.4 Å². The summed E-state index contributed by atoms with van der Waals surface area (Å²) in [5, 5.41) is 10.3. The quantitative estimate of drug-likeness (QED) is 0.303. The number of likely N-dealkylation sites (N-methyl/N-ethyl adjacent to an activating group) is 1. The molecular weight excluding hydrogens is 515 g/mol. The monoisotopic (exact) mass is 536 g/mol. The Bertz CT molecular complexity index is 1080. The van der Waals surface area contributed by atoms with Crippen molar-refractivity contribution in [1.29, 1.82) is 0 Å². The van der Waals surface area contributed by atoms with Gasteiger partial charge in [0.1, 0.15) is 18.5 Å². The number of amides is 2. The normalized spacial score (nSPS) is 13.1. The smallest absolute Gasteiger partial charge is 0.408 e. The van der Waals surface area contributed by atoms with Crippen molar-refractivity contribution in [3.8, 4) is 0 Å². The van der Waals surface area contributed by atoms with E-state index < -0.39 is 49.0 Å². The van der Waals surface area contributed by atoms with E-state index >= 15 is 0 Å².